The maximum absolute atomic E-state index is 13.7. The summed E-state index contributed by atoms with van der Waals surface area (Å²) >= 11 is 0. The predicted molar refractivity (Wildman–Crippen MR) is 73.1 cm³/mol. The van der Waals surface area contributed by atoms with Gasteiger partial charge in [0.1, 0.15) is 17.3 Å². The lowest BCUT2D eigenvalue weighted by molar-refractivity contribution is -0.119. The summed E-state index contributed by atoms with van der Waals surface area (Å²) in [7, 11) is 1.38. The molecule has 0 bridgehead atoms. The molecule has 0 aliphatic carbocycles. The SMILES string of the molecule is COc1ccc(C(=O)OCC(=O)Nc2cc(C)on2)c(F)c1. The number of methoxy groups -OCH3 is 1. The summed E-state index contributed by atoms with van der Waals surface area (Å²) < 4.78 is 28.0. The molecule has 1 heterocycles. The molecule has 0 aliphatic heterocycles. The van der Waals surface area contributed by atoms with Crippen molar-refractivity contribution in [1.82, 2.24) is 5.16 Å². The number of carbonyl (C=O) groups excluding carboxylic acids is 2. The lowest BCUT2D eigenvalue weighted by Gasteiger charge is -2.06. The van der Waals surface area contributed by atoms with Crippen LogP contribution in [0.15, 0.2) is 28.8 Å². The Balaban J connectivity index is 1.91. The van der Waals surface area contributed by atoms with Gasteiger partial charge in [0.25, 0.3) is 5.91 Å². The maximum atomic E-state index is 13.7. The van der Waals surface area contributed by atoms with Crippen molar-refractivity contribution in [2.24, 2.45) is 0 Å². The van der Waals surface area contributed by atoms with Crippen molar-refractivity contribution in [3.63, 3.8) is 0 Å². The largest absolute Gasteiger partial charge is 0.497 e. The van der Waals surface area contributed by atoms with E-state index in [1.54, 1.807) is 6.92 Å². The molecular weight excluding hydrogens is 295 g/mol. The van der Waals surface area contributed by atoms with Crippen LogP contribution in [0.2, 0.25) is 0 Å². The van der Waals surface area contributed by atoms with Gasteiger partial charge in [-0.3, -0.25) is 4.79 Å². The maximum Gasteiger partial charge on any atom is 0.341 e. The molecule has 1 amide bonds. The van der Waals surface area contributed by atoms with Crippen LogP contribution in [0.5, 0.6) is 5.75 Å². The minimum atomic E-state index is -0.952. The van der Waals surface area contributed by atoms with Gasteiger partial charge in [-0.25, -0.2) is 9.18 Å². The highest BCUT2D eigenvalue weighted by atomic mass is 19.1. The van der Waals surface area contributed by atoms with E-state index in [0.29, 0.717) is 5.76 Å². The normalized spacial score (nSPS) is 10.1. The summed E-state index contributed by atoms with van der Waals surface area (Å²) in [5, 5.41) is 5.92. The number of aromatic nitrogens is 1. The van der Waals surface area contributed by atoms with E-state index in [0.717, 1.165) is 6.07 Å². The molecule has 116 valence electrons. The predicted octanol–water partition coefficient (Wildman–Crippen LogP) is 1.93. The number of rotatable bonds is 5. The van der Waals surface area contributed by atoms with E-state index in [4.69, 9.17) is 14.0 Å². The van der Waals surface area contributed by atoms with Gasteiger partial charge in [0.2, 0.25) is 0 Å². The van der Waals surface area contributed by atoms with Gasteiger partial charge >= 0.3 is 5.97 Å². The molecule has 0 fully saturated rings. The smallest absolute Gasteiger partial charge is 0.341 e. The lowest BCUT2D eigenvalue weighted by atomic mass is 10.2. The zero-order valence-corrected chi connectivity index (χ0v) is 11.9. The van der Waals surface area contributed by atoms with E-state index in [2.05, 4.69) is 10.5 Å². The third-order valence-electron chi connectivity index (χ3n) is 2.63. The third-order valence-corrected chi connectivity index (χ3v) is 2.63. The van der Waals surface area contributed by atoms with E-state index >= 15 is 0 Å². The molecule has 0 saturated carbocycles. The number of esters is 1. The summed E-state index contributed by atoms with van der Waals surface area (Å²) in [4.78, 5) is 23.3. The molecule has 0 radical (unpaired) electrons. The number of nitrogens with zero attached hydrogens (tertiary/aromatic N) is 1. The molecule has 22 heavy (non-hydrogen) atoms. The Labute approximate surface area is 125 Å². The fraction of sp³-hybridized carbons (Fsp3) is 0.214. The Morgan fingerprint density at radius 3 is 2.73 bits per heavy atom. The van der Waals surface area contributed by atoms with Crippen molar-refractivity contribution in [2.45, 2.75) is 6.92 Å². The van der Waals surface area contributed by atoms with Crippen LogP contribution in [0, 0.1) is 12.7 Å². The number of hydrogen-bond acceptors (Lipinski definition) is 6. The average molecular weight is 308 g/mol. The van der Waals surface area contributed by atoms with Crippen LogP contribution in [0.4, 0.5) is 10.2 Å². The van der Waals surface area contributed by atoms with Crippen LogP contribution in [0.25, 0.3) is 0 Å². The highest BCUT2D eigenvalue weighted by Crippen LogP contribution is 2.17. The topological polar surface area (TPSA) is 90.7 Å². The van der Waals surface area contributed by atoms with Gasteiger partial charge in [-0.05, 0) is 19.1 Å². The molecule has 1 aromatic carbocycles. The van der Waals surface area contributed by atoms with Crippen molar-refractivity contribution in [3.8, 4) is 5.75 Å². The molecule has 0 aliphatic rings. The quantitative estimate of drug-likeness (QED) is 0.849. The Hall–Kier alpha value is -2.90. The fourth-order valence-electron chi connectivity index (χ4n) is 1.60. The van der Waals surface area contributed by atoms with Gasteiger partial charge in [-0.1, -0.05) is 5.16 Å². The second-order valence-corrected chi connectivity index (χ2v) is 4.29. The van der Waals surface area contributed by atoms with Gasteiger partial charge in [0, 0.05) is 12.1 Å². The number of ether oxygens (including phenoxy) is 2. The number of anilines is 1. The highest BCUT2D eigenvalue weighted by Gasteiger charge is 2.16. The van der Waals surface area contributed by atoms with Gasteiger partial charge in [0.15, 0.2) is 12.4 Å². The van der Waals surface area contributed by atoms with Crippen LogP contribution < -0.4 is 10.1 Å². The molecule has 1 aromatic heterocycles. The average Bonchev–Trinajstić information content (AvgIpc) is 2.89. The Kier molecular flexibility index (Phi) is 4.72. The zero-order chi connectivity index (χ0) is 16.1. The standard InChI is InChI=1S/C14H13FN2O5/c1-8-5-12(17-22-8)16-13(18)7-21-14(19)10-4-3-9(20-2)6-11(10)15/h3-6H,7H2,1-2H3,(H,16,17,18). The van der Waals surface area contributed by atoms with Gasteiger partial charge in [0.05, 0.1) is 12.7 Å². The van der Waals surface area contributed by atoms with E-state index < -0.39 is 24.3 Å². The Morgan fingerprint density at radius 2 is 2.14 bits per heavy atom. The number of benzene rings is 1. The fourth-order valence-corrected chi connectivity index (χ4v) is 1.60. The molecule has 8 heteroatoms. The second kappa shape index (κ2) is 6.70. The summed E-state index contributed by atoms with van der Waals surface area (Å²) in [5.74, 6) is -1.37. The monoisotopic (exact) mass is 308 g/mol. The van der Waals surface area contributed by atoms with Gasteiger partial charge < -0.3 is 19.3 Å². The molecule has 2 aromatic rings. The van der Waals surface area contributed by atoms with Crippen molar-refractivity contribution >= 4 is 17.7 Å². The third kappa shape index (κ3) is 3.81. The van der Waals surface area contributed by atoms with Gasteiger partial charge in [-0.2, -0.15) is 0 Å². The van der Waals surface area contributed by atoms with E-state index in [-0.39, 0.29) is 17.1 Å². The molecule has 0 spiro atoms. The number of carbonyl (C=O) groups is 2. The minimum absolute atomic E-state index is 0.203. The molecule has 0 atom stereocenters. The van der Waals surface area contributed by atoms with Crippen LogP contribution >= 0.6 is 0 Å². The first-order valence-corrected chi connectivity index (χ1v) is 6.23. The Bertz CT molecular complexity index is 698. The zero-order valence-electron chi connectivity index (χ0n) is 11.9. The summed E-state index contributed by atoms with van der Waals surface area (Å²) in [6.07, 6.45) is 0. The van der Waals surface area contributed by atoms with Crippen LogP contribution in [-0.4, -0.2) is 30.7 Å². The first-order valence-electron chi connectivity index (χ1n) is 6.23. The van der Waals surface area contributed by atoms with Crippen LogP contribution in [0.1, 0.15) is 16.1 Å². The molecule has 0 unspecified atom stereocenters. The number of hydrogen-bond donors (Lipinski definition) is 1. The minimum Gasteiger partial charge on any atom is -0.497 e. The molecule has 1 N–H and O–H groups in total. The highest BCUT2D eigenvalue weighted by molar-refractivity contribution is 5.95. The molecular formula is C14H13FN2O5. The Morgan fingerprint density at radius 1 is 1.36 bits per heavy atom. The van der Waals surface area contributed by atoms with E-state index in [1.807, 2.05) is 0 Å². The van der Waals surface area contributed by atoms with E-state index in [9.17, 15) is 14.0 Å². The summed E-state index contributed by atoms with van der Waals surface area (Å²) in [5.41, 5.74) is -0.286. The number of aryl methyl sites for hydroxylation is 1. The van der Waals surface area contributed by atoms with Crippen molar-refractivity contribution in [1.29, 1.82) is 0 Å². The molecule has 7 nitrogen and oxygen atoms in total. The summed E-state index contributed by atoms with van der Waals surface area (Å²) in [6, 6.07) is 5.19. The molecule has 2 rings (SSSR count). The van der Waals surface area contributed by atoms with Crippen molar-refractivity contribution in [3.05, 3.63) is 41.4 Å². The molecule has 0 saturated heterocycles. The number of nitrogens with one attached hydrogen (secondary N) is 1. The second-order valence-electron chi connectivity index (χ2n) is 4.29. The number of halogens is 1. The van der Waals surface area contributed by atoms with Crippen LogP contribution in [-0.2, 0) is 9.53 Å². The van der Waals surface area contributed by atoms with Crippen LogP contribution in [0.3, 0.4) is 0 Å². The number of amides is 1. The van der Waals surface area contributed by atoms with Crippen molar-refractivity contribution < 1.29 is 28.0 Å². The van der Waals surface area contributed by atoms with Gasteiger partial charge in [-0.15, -0.1) is 0 Å². The van der Waals surface area contributed by atoms with E-state index in [1.165, 1.54) is 25.3 Å². The first kappa shape index (κ1) is 15.5. The first-order chi connectivity index (χ1) is 10.5. The lowest BCUT2D eigenvalue weighted by Crippen LogP contribution is -2.21. The summed E-state index contributed by atoms with van der Waals surface area (Å²) in [6.45, 7) is 1.09. The van der Waals surface area contributed by atoms with Crippen molar-refractivity contribution in [2.75, 3.05) is 19.0 Å².